The van der Waals surface area contributed by atoms with Crippen molar-refractivity contribution in [3.05, 3.63) is 78.6 Å². The third-order valence-electron chi connectivity index (χ3n) is 5.00. The van der Waals surface area contributed by atoms with Crippen molar-refractivity contribution in [3.63, 3.8) is 0 Å². The number of hydrogen-bond donors (Lipinski definition) is 0. The molecule has 1 aliphatic rings. The average Bonchev–Trinajstić information content (AvgIpc) is 3.19. The maximum atomic E-state index is 6.03. The van der Waals surface area contributed by atoms with Gasteiger partial charge in [0.1, 0.15) is 11.8 Å². The first-order valence-electron chi connectivity index (χ1n) is 9.36. The second-order valence-electron chi connectivity index (χ2n) is 6.88. The van der Waals surface area contributed by atoms with Crippen LogP contribution in [0.3, 0.4) is 0 Å². The Balaban J connectivity index is 1.38. The van der Waals surface area contributed by atoms with Crippen LogP contribution in [0.5, 0.6) is 0 Å². The average molecular weight is 372 g/mol. The minimum Gasteiger partial charge on any atom is -0.369 e. The third kappa shape index (κ3) is 3.37. The van der Waals surface area contributed by atoms with E-state index < -0.39 is 0 Å². The predicted octanol–water partition coefficient (Wildman–Crippen LogP) is 2.76. The summed E-state index contributed by atoms with van der Waals surface area (Å²) < 4.78 is 7.84. The molecule has 0 spiro atoms. The molecule has 4 aromatic rings. The zero-order valence-corrected chi connectivity index (χ0v) is 15.3. The van der Waals surface area contributed by atoms with Crippen molar-refractivity contribution in [1.29, 1.82) is 0 Å². The van der Waals surface area contributed by atoms with E-state index >= 15 is 0 Å². The summed E-state index contributed by atoms with van der Waals surface area (Å²) in [7, 11) is 0. The third-order valence-corrected chi connectivity index (χ3v) is 5.00. The summed E-state index contributed by atoms with van der Waals surface area (Å²) in [5.74, 6) is 0. The first-order chi connectivity index (χ1) is 13.9. The predicted molar refractivity (Wildman–Crippen MR) is 104 cm³/mol. The minimum atomic E-state index is -0.0980. The molecule has 0 bridgehead atoms. The van der Waals surface area contributed by atoms with E-state index in [9.17, 15) is 0 Å². The summed E-state index contributed by atoms with van der Waals surface area (Å²) in [4.78, 5) is 11.0. The van der Waals surface area contributed by atoms with Crippen LogP contribution < -0.4 is 0 Å². The van der Waals surface area contributed by atoms with Crippen molar-refractivity contribution >= 4 is 5.52 Å². The van der Waals surface area contributed by atoms with E-state index in [2.05, 4.69) is 43.4 Å². The molecule has 0 N–H and O–H groups in total. The van der Waals surface area contributed by atoms with Gasteiger partial charge in [0.25, 0.3) is 0 Å². The molecule has 5 heterocycles. The first-order valence-corrected chi connectivity index (χ1v) is 9.36. The summed E-state index contributed by atoms with van der Waals surface area (Å²) in [6.45, 7) is 3.14. The highest BCUT2D eigenvalue weighted by Crippen LogP contribution is 2.26. The molecule has 4 aromatic heterocycles. The van der Waals surface area contributed by atoms with Crippen LogP contribution in [0.1, 0.15) is 17.5 Å². The Morgan fingerprint density at radius 1 is 1.04 bits per heavy atom. The molecule has 1 saturated heterocycles. The number of nitrogens with zero attached hydrogens (tertiary/aromatic N) is 6. The molecule has 1 unspecified atom stereocenters. The van der Waals surface area contributed by atoms with Crippen LogP contribution in [-0.2, 0) is 11.3 Å². The molecule has 1 fully saturated rings. The van der Waals surface area contributed by atoms with Crippen LogP contribution in [0.15, 0.2) is 67.3 Å². The Morgan fingerprint density at radius 3 is 2.89 bits per heavy atom. The zero-order valence-electron chi connectivity index (χ0n) is 15.3. The molecule has 140 valence electrons. The molecule has 0 saturated carbocycles. The quantitative estimate of drug-likeness (QED) is 0.549. The smallest absolute Gasteiger partial charge is 0.121 e. The Labute approximate surface area is 162 Å². The lowest BCUT2D eigenvalue weighted by Gasteiger charge is -2.31. The van der Waals surface area contributed by atoms with Crippen LogP contribution in [-0.4, -0.2) is 49.4 Å². The van der Waals surface area contributed by atoms with E-state index in [4.69, 9.17) is 4.74 Å². The number of fused-ring (bicyclic) bond motifs is 1. The molecule has 0 radical (unpaired) electrons. The normalized spacial score (nSPS) is 17.8. The minimum absolute atomic E-state index is 0.0980. The van der Waals surface area contributed by atoms with Crippen molar-refractivity contribution < 1.29 is 4.74 Å². The Hall–Kier alpha value is -3.16. The summed E-state index contributed by atoms with van der Waals surface area (Å²) in [5.41, 5.74) is 5.02. The standard InChI is InChI=1S/C21H20N6O/c1-2-9-23-18(5-1)14-26-10-11-28-20(15-26)21-19-7-6-17(13-27(19)25-24-21)16-4-3-8-22-12-16/h1-9,12-13,20H,10-11,14-15H2. The number of rotatable bonds is 4. The fraction of sp³-hybridized carbons (Fsp3) is 0.238. The molecule has 1 atom stereocenters. The van der Waals surface area contributed by atoms with Gasteiger partial charge in [-0.2, -0.15) is 0 Å². The van der Waals surface area contributed by atoms with E-state index in [1.165, 1.54) is 0 Å². The molecular formula is C21H20N6O. The van der Waals surface area contributed by atoms with Gasteiger partial charge in [0.2, 0.25) is 0 Å². The van der Waals surface area contributed by atoms with Crippen LogP contribution >= 0.6 is 0 Å². The number of morpholine rings is 1. The number of aromatic nitrogens is 5. The topological polar surface area (TPSA) is 68.4 Å². The molecule has 0 aliphatic carbocycles. The summed E-state index contributed by atoms with van der Waals surface area (Å²) in [6, 6.07) is 14.1. The van der Waals surface area contributed by atoms with Crippen molar-refractivity contribution in [1.82, 2.24) is 29.7 Å². The first kappa shape index (κ1) is 17.0. The summed E-state index contributed by atoms with van der Waals surface area (Å²) in [5, 5.41) is 8.75. The van der Waals surface area contributed by atoms with Crippen LogP contribution in [0, 0.1) is 0 Å². The van der Waals surface area contributed by atoms with Crippen LogP contribution in [0.2, 0.25) is 0 Å². The van der Waals surface area contributed by atoms with Gasteiger partial charge < -0.3 is 4.74 Å². The van der Waals surface area contributed by atoms with E-state index in [1.807, 2.05) is 47.4 Å². The molecule has 7 heteroatoms. The highest BCUT2D eigenvalue weighted by atomic mass is 16.5. The summed E-state index contributed by atoms with van der Waals surface area (Å²) >= 11 is 0. The SMILES string of the molecule is c1ccc(CN2CCOC(c3nnn4cc(-c5cccnc5)ccc34)C2)nc1. The van der Waals surface area contributed by atoms with E-state index in [-0.39, 0.29) is 6.10 Å². The van der Waals surface area contributed by atoms with Gasteiger partial charge in [-0.1, -0.05) is 23.4 Å². The van der Waals surface area contributed by atoms with Gasteiger partial charge in [0.15, 0.2) is 0 Å². The molecule has 5 rings (SSSR count). The lowest BCUT2D eigenvalue weighted by atomic mass is 10.1. The van der Waals surface area contributed by atoms with E-state index in [0.717, 1.165) is 47.7 Å². The Bertz CT molecular complexity index is 1070. The van der Waals surface area contributed by atoms with Crippen LogP contribution in [0.25, 0.3) is 16.6 Å². The maximum absolute atomic E-state index is 6.03. The van der Waals surface area contributed by atoms with Crippen molar-refractivity contribution in [2.75, 3.05) is 19.7 Å². The zero-order chi connectivity index (χ0) is 18.8. The number of pyridine rings is 3. The molecule has 7 nitrogen and oxygen atoms in total. The van der Waals surface area contributed by atoms with E-state index in [0.29, 0.717) is 6.61 Å². The molecule has 1 aliphatic heterocycles. The molecule has 0 amide bonds. The van der Waals surface area contributed by atoms with E-state index in [1.54, 1.807) is 6.20 Å². The Morgan fingerprint density at radius 2 is 2.04 bits per heavy atom. The highest BCUT2D eigenvalue weighted by Gasteiger charge is 2.26. The van der Waals surface area contributed by atoms with Gasteiger partial charge in [-0.15, -0.1) is 5.10 Å². The van der Waals surface area contributed by atoms with Crippen molar-refractivity contribution in [3.8, 4) is 11.1 Å². The van der Waals surface area contributed by atoms with Gasteiger partial charge in [-0.25, -0.2) is 4.52 Å². The number of ether oxygens (including phenoxy) is 1. The van der Waals surface area contributed by atoms with Gasteiger partial charge in [-0.05, 0) is 24.3 Å². The van der Waals surface area contributed by atoms with Gasteiger partial charge in [0.05, 0.1) is 17.8 Å². The fourth-order valence-electron chi connectivity index (χ4n) is 3.58. The lowest BCUT2D eigenvalue weighted by molar-refractivity contribution is -0.0346. The number of hydrogen-bond acceptors (Lipinski definition) is 6. The second-order valence-corrected chi connectivity index (χ2v) is 6.88. The van der Waals surface area contributed by atoms with Gasteiger partial charge in [0, 0.05) is 55.5 Å². The largest absolute Gasteiger partial charge is 0.369 e. The highest BCUT2D eigenvalue weighted by molar-refractivity contribution is 5.65. The van der Waals surface area contributed by atoms with Crippen molar-refractivity contribution in [2.24, 2.45) is 0 Å². The Kier molecular flexibility index (Phi) is 4.52. The molecule has 0 aromatic carbocycles. The fourth-order valence-corrected chi connectivity index (χ4v) is 3.58. The second kappa shape index (κ2) is 7.46. The van der Waals surface area contributed by atoms with Gasteiger partial charge >= 0.3 is 0 Å². The van der Waals surface area contributed by atoms with Crippen LogP contribution in [0.4, 0.5) is 0 Å². The van der Waals surface area contributed by atoms with Gasteiger partial charge in [-0.3, -0.25) is 14.9 Å². The van der Waals surface area contributed by atoms with Crippen molar-refractivity contribution in [2.45, 2.75) is 12.6 Å². The molecule has 28 heavy (non-hydrogen) atoms. The molecular weight excluding hydrogens is 352 g/mol. The summed E-state index contributed by atoms with van der Waals surface area (Å²) in [6.07, 6.45) is 7.34. The monoisotopic (exact) mass is 372 g/mol. The lowest BCUT2D eigenvalue weighted by Crippen LogP contribution is -2.38. The maximum Gasteiger partial charge on any atom is 0.121 e.